The molecule has 7 heteroatoms. The predicted octanol–water partition coefficient (Wildman–Crippen LogP) is 2.83. The molecular weight excluding hydrogens is 366 g/mol. The number of carbonyl (C=O) groups excluding carboxylic acids is 1. The van der Waals surface area contributed by atoms with Gasteiger partial charge in [0.05, 0.1) is 35.8 Å². The average Bonchev–Trinajstić information content (AvgIpc) is 3.21. The summed E-state index contributed by atoms with van der Waals surface area (Å²) in [4.78, 5) is 34.1. The molecule has 29 heavy (non-hydrogen) atoms. The first-order valence-electron chi connectivity index (χ1n) is 9.47. The lowest BCUT2D eigenvalue weighted by Crippen LogP contribution is -2.31. The van der Waals surface area contributed by atoms with Crippen LogP contribution in [0.15, 0.2) is 71.8 Å². The molecule has 2 aromatic heterocycles. The van der Waals surface area contributed by atoms with Crippen molar-refractivity contribution in [2.45, 2.75) is 20.0 Å². The van der Waals surface area contributed by atoms with Crippen LogP contribution in [0.4, 0.5) is 0 Å². The van der Waals surface area contributed by atoms with E-state index in [4.69, 9.17) is 0 Å². The molecule has 0 fully saturated rings. The molecular formula is C22H21N5O2. The molecule has 0 aliphatic rings. The summed E-state index contributed by atoms with van der Waals surface area (Å²) in [6.45, 7) is 3.20. The second-order valence-corrected chi connectivity index (χ2v) is 6.76. The Balaban J connectivity index is 1.52. The van der Waals surface area contributed by atoms with Crippen molar-refractivity contribution in [3.8, 4) is 0 Å². The summed E-state index contributed by atoms with van der Waals surface area (Å²) in [6.07, 6.45) is 3.32. The lowest BCUT2D eigenvalue weighted by Gasteiger charge is -2.19. The van der Waals surface area contributed by atoms with E-state index in [1.807, 2.05) is 43.3 Å². The van der Waals surface area contributed by atoms with Gasteiger partial charge in [-0.1, -0.05) is 42.5 Å². The second kappa shape index (κ2) is 8.10. The Bertz CT molecular complexity index is 1200. The number of fused-ring (bicyclic) bond motifs is 1. The monoisotopic (exact) mass is 387 g/mol. The van der Waals surface area contributed by atoms with Crippen LogP contribution >= 0.6 is 0 Å². The van der Waals surface area contributed by atoms with E-state index in [0.29, 0.717) is 35.4 Å². The number of rotatable bonds is 6. The highest BCUT2D eigenvalue weighted by atomic mass is 16.2. The molecule has 0 atom stereocenters. The lowest BCUT2D eigenvalue weighted by atomic mass is 10.2. The Labute approximate surface area is 167 Å². The number of amides is 1. The van der Waals surface area contributed by atoms with Gasteiger partial charge < -0.3 is 9.88 Å². The quantitative estimate of drug-likeness (QED) is 0.551. The minimum Gasteiger partial charge on any atom is -0.331 e. The number of hydrogen-bond acceptors (Lipinski definition) is 4. The van der Waals surface area contributed by atoms with E-state index in [1.165, 1.54) is 0 Å². The average molecular weight is 387 g/mol. The van der Waals surface area contributed by atoms with Crippen molar-refractivity contribution >= 4 is 16.8 Å². The van der Waals surface area contributed by atoms with E-state index < -0.39 is 0 Å². The minimum atomic E-state index is -0.204. The third-order valence-corrected chi connectivity index (χ3v) is 4.74. The number of nitrogens with one attached hydrogen (secondary N) is 1. The van der Waals surface area contributed by atoms with Crippen molar-refractivity contribution in [2.24, 2.45) is 0 Å². The maximum Gasteiger partial charge on any atom is 0.258 e. The van der Waals surface area contributed by atoms with E-state index in [9.17, 15) is 9.59 Å². The zero-order valence-electron chi connectivity index (χ0n) is 16.1. The van der Waals surface area contributed by atoms with Crippen molar-refractivity contribution in [3.05, 3.63) is 94.3 Å². The van der Waals surface area contributed by atoms with Crippen molar-refractivity contribution in [1.82, 2.24) is 24.6 Å². The molecule has 0 unspecified atom stereocenters. The zero-order valence-corrected chi connectivity index (χ0v) is 16.1. The fourth-order valence-electron chi connectivity index (χ4n) is 3.23. The maximum atomic E-state index is 12.9. The highest BCUT2D eigenvalue weighted by molar-refractivity contribution is 5.93. The van der Waals surface area contributed by atoms with Gasteiger partial charge in [0, 0.05) is 12.7 Å². The van der Waals surface area contributed by atoms with Gasteiger partial charge in [0.1, 0.15) is 5.82 Å². The van der Waals surface area contributed by atoms with E-state index in [2.05, 4.69) is 15.1 Å². The van der Waals surface area contributed by atoms with Crippen LogP contribution in [-0.4, -0.2) is 37.1 Å². The Kier molecular flexibility index (Phi) is 5.20. The smallest absolute Gasteiger partial charge is 0.258 e. The number of benzene rings is 2. The predicted molar refractivity (Wildman–Crippen MR) is 111 cm³/mol. The molecule has 2 heterocycles. The molecule has 4 rings (SSSR count). The SMILES string of the molecule is CCN(Cc1nc2ccccc2c(=O)[nH]1)C(=O)c1cnn(Cc2ccccc2)c1. The zero-order chi connectivity index (χ0) is 20.2. The van der Waals surface area contributed by atoms with Crippen LogP contribution in [0.25, 0.3) is 10.9 Å². The standard InChI is InChI=1S/C22H21N5O2/c1-2-26(15-20-24-19-11-7-6-10-18(19)21(28)25-20)22(29)17-12-23-27(14-17)13-16-8-4-3-5-9-16/h3-12,14H,2,13,15H2,1H3,(H,24,25,28). The number of nitrogens with zero attached hydrogens (tertiary/aromatic N) is 4. The second-order valence-electron chi connectivity index (χ2n) is 6.76. The number of aromatic amines is 1. The minimum absolute atomic E-state index is 0.150. The maximum absolute atomic E-state index is 12.9. The molecule has 1 N–H and O–H groups in total. The number of hydrogen-bond donors (Lipinski definition) is 1. The van der Waals surface area contributed by atoms with Gasteiger partial charge in [0.25, 0.3) is 11.5 Å². The van der Waals surface area contributed by atoms with Gasteiger partial charge in [0.2, 0.25) is 0 Å². The first-order chi connectivity index (χ1) is 14.1. The molecule has 146 valence electrons. The van der Waals surface area contributed by atoms with Crippen molar-refractivity contribution < 1.29 is 4.79 Å². The fraction of sp³-hybridized carbons (Fsp3) is 0.182. The molecule has 0 saturated carbocycles. The molecule has 2 aromatic carbocycles. The molecule has 0 bridgehead atoms. The number of aromatic nitrogens is 4. The Morgan fingerprint density at radius 3 is 2.66 bits per heavy atom. The molecule has 0 aliphatic carbocycles. The summed E-state index contributed by atoms with van der Waals surface area (Å²) in [5.74, 6) is 0.309. The van der Waals surface area contributed by atoms with Gasteiger partial charge in [-0.3, -0.25) is 14.3 Å². The third kappa shape index (κ3) is 4.08. The first kappa shape index (κ1) is 18.6. The van der Waals surface area contributed by atoms with Crippen molar-refractivity contribution in [2.75, 3.05) is 6.54 Å². The molecule has 0 aliphatic heterocycles. The molecule has 0 radical (unpaired) electrons. The van der Waals surface area contributed by atoms with Crippen molar-refractivity contribution in [3.63, 3.8) is 0 Å². The summed E-state index contributed by atoms with van der Waals surface area (Å²) < 4.78 is 1.74. The summed E-state index contributed by atoms with van der Waals surface area (Å²) in [6, 6.07) is 17.1. The van der Waals surface area contributed by atoms with Crippen molar-refractivity contribution in [1.29, 1.82) is 0 Å². The summed E-state index contributed by atoms with van der Waals surface area (Å²) >= 11 is 0. The van der Waals surface area contributed by atoms with Gasteiger partial charge in [-0.15, -0.1) is 0 Å². The van der Waals surface area contributed by atoms with E-state index in [-0.39, 0.29) is 18.0 Å². The van der Waals surface area contributed by atoms with Gasteiger partial charge in [0.15, 0.2) is 0 Å². The van der Waals surface area contributed by atoms with E-state index in [0.717, 1.165) is 5.56 Å². The van der Waals surface area contributed by atoms with Crippen LogP contribution < -0.4 is 5.56 Å². The van der Waals surface area contributed by atoms with Crippen LogP contribution in [-0.2, 0) is 13.1 Å². The van der Waals surface area contributed by atoms with Crippen LogP contribution in [0.5, 0.6) is 0 Å². The van der Waals surface area contributed by atoms with E-state index >= 15 is 0 Å². The number of para-hydroxylation sites is 1. The van der Waals surface area contributed by atoms with Crippen LogP contribution in [0, 0.1) is 0 Å². The molecule has 7 nitrogen and oxygen atoms in total. The first-order valence-corrected chi connectivity index (χ1v) is 9.47. The molecule has 4 aromatic rings. The Hall–Kier alpha value is -3.74. The van der Waals surface area contributed by atoms with Crippen LogP contribution in [0.1, 0.15) is 28.7 Å². The fourth-order valence-corrected chi connectivity index (χ4v) is 3.23. The Morgan fingerprint density at radius 2 is 1.86 bits per heavy atom. The van der Waals surface area contributed by atoms with E-state index in [1.54, 1.807) is 40.2 Å². The number of carbonyl (C=O) groups is 1. The van der Waals surface area contributed by atoms with Gasteiger partial charge in [-0.05, 0) is 24.6 Å². The van der Waals surface area contributed by atoms with Crippen LogP contribution in [0.2, 0.25) is 0 Å². The Morgan fingerprint density at radius 1 is 1.10 bits per heavy atom. The largest absolute Gasteiger partial charge is 0.331 e. The highest BCUT2D eigenvalue weighted by Crippen LogP contribution is 2.11. The normalized spacial score (nSPS) is 10.9. The van der Waals surface area contributed by atoms with Gasteiger partial charge in [-0.2, -0.15) is 5.10 Å². The summed E-state index contributed by atoms with van der Waals surface area (Å²) in [7, 11) is 0. The summed E-state index contributed by atoms with van der Waals surface area (Å²) in [5.41, 5.74) is 2.03. The number of H-pyrrole nitrogens is 1. The molecule has 0 spiro atoms. The third-order valence-electron chi connectivity index (χ3n) is 4.74. The summed E-state index contributed by atoms with van der Waals surface area (Å²) in [5, 5.41) is 4.84. The van der Waals surface area contributed by atoms with Gasteiger partial charge >= 0.3 is 0 Å². The van der Waals surface area contributed by atoms with Crippen LogP contribution in [0.3, 0.4) is 0 Å². The topological polar surface area (TPSA) is 83.9 Å². The molecule has 1 amide bonds. The highest BCUT2D eigenvalue weighted by Gasteiger charge is 2.18. The molecule has 0 saturated heterocycles. The lowest BCUT2D eigenvalue weighted by molar-refractivity contribution is 0.0748. The van der Waals surface area contributed by atoms with Gasteiger partial charge in [-0.25, -0.2) is 4.98 Å².